The topological polar surface area (TPSA) is 35.5 Å². The molecule has 0 amide bonds. The van der Waals surface area contributed by atoms with Gasteiger partial charge in [-0.25, -0.2) is 0 Å². The summed E-state index contributed by atoms with van der Waals surface area (Å²) in [5.74, 6) is 0.910. The lowest BCUT2D eigenvalue weighted by Gasteiger charge is -2.27. The van der Waals surface area contributed by atoms with E-state index in [4.69, 9.17) is 9.47 Å². The number of methoxy groups -OCH3 is 1. The van der Waals surface area contributed by atoms with Gasteiger partial charge in [0.1, 0.15) is 5.75 Å². The minimum atomic E-state index is -0.0796. The van der Waals surface area contributed by atoms with Crippen molar-refractivity contribution in [1.82, 2.24) is 0 Å². The van der Waals surface area contributed by atoms with E-state index in [1.54, 1.807) is 0 Å². The maximum Gasteiger partial charge on any atom is 0.308 e. The molecule has 1 aromatic carbocycles. The fourth-order valence-corrected chi connectivity index (χ4v) is 2.46. The molecule has 0 atom stereocenters. The van der Waals surface area contributed by atoms with E-state index in [9.17, 15) is 4.79 Å². The SMILES string of the molecule is COC(=O)C1CCC(Oc2cccc(C)c2)CC1. The Balaban J connectivity index is 1.85. The molecule has 3 nitrogen and oxygen atoms in total. The van der Waals surface area contributed by atoms with Crippen molar-refractivity contribution in [3.05, 3.63) is 29.8 Å². The van der Waals surface area contributed by atoms with Gasteiger partial charge in [-0.1, -0.05) is 12.1 Å². The Bertz CT molecular complexity index is 406. The van der Waals surface area contributed by atoms with Crippen LogP contribution in [0.25, 0.3) is 0 Å². The molecule has 98 valence electrons. The van der Waals surface area contributed by atoms with Gasteiger partial charge in [-0.2, -0.15) is 0 Å². The average Bonchev–Trinajstić information content (AvgIpc) is 2.39. The predicted octanol–water partition coefficient (Wildman–Crippen LogP) is 3.11. The van der Waals surface area contributed by atoms with Gasteiger partial charge in [-0.15, -0.1) is 0 Å². The Morgan fingerprint density at radius 3 is 2.56 bits per heavy atom. The van der Waals surface area contributed by atoms with Gasteiger partial charge < -0.3 is 9.47 Å². The monoisotopic (exact) mass is 248 g/mol. The molecule has 1 saturated carbocycles. The minimum Gasteiger partial charge on any atom is -0.490 e. The third kappa shape index (κ3) is 3.25. The first-order valence-corrected chi connectivity index (χ1v) is 6.50. The molecule has 0 spiro atoms. The summed E-state index contributed by atoms with van der Waals surface area (Å²) in [6.45, 7) is 2.06. The number of hydrogen-bond donors (Lipinski definition) is 0. The lowest BCUT2D eigenvalue weighted by Crippen LogP contribution is -2.28. The molecular weight excluding hydrogens is 228 g/mol. The van der Waals surface area contributed by atoms with Gasteiger partial charge in [0, 0.05) is 0 Å². The lowest BCUT2D eigenvalue weighted by molar-refractivity contribution is -0.147. The number of hydrogen-bond acceptors (Lipinski definition) is 3. The van der Waals surface area contributed by atoms with Crippen LogP contribution in [0.5, 0.6) is 5.75 Å². The standard InChI is InChI=1S/C15H20O3/c1-11-4-3-5-14(10-11)18-13-8-6-12(7-9-13)15(16)17-2/h3-5,10,12-13H,6-9H2,1-2H3. The van der Waals surface area contributed by atoms with E-state index < -0.39 is 0 Å². The Hall–Kier alpha value is -1.51. The van der Waals surface area contributed by atoms with E-state index in [2.05, 4.69) is 13.0 Å². The molecule has 0 N–H and O–H groups in total. The molecule has 0 radical (unpaired) electrons. The van der Waals surface area contributed by atoms with Crippen LogP contribution < -0.4 is 4.74 Å². The van der Waals surface area contributed by atoms with Crippen LogP contribution in [-0.4, -0.2) is 19.2 Å². The molecule has 1 aromatic rings. The first-order valence-electron chi connectivity index (χ1n) is 6.50. The highest BCUT2D eigenvalue weighted by Gasteiger charge is 2.27. The van der Waals surface area contributed by atoms with Crippen LogP contribution in [0.3, 0.4) is 0 Å². The van der Waals surface area contributed by atoms with Crippen molar-refractivity contribution in [1.29, 1.82) is 0 Å². The van der Waals surface area contributed by atoms with Crippen molar-refractivity contribution < 1.29 is 14.3 Å². The highest BCUT2D eigenvalue weighted by molar-refractivity contribution is 5.72. The summed E-state index contributed by atoms with van der Waals surface area (Å²) in [5.41, 5.74) is 1.20. The van der Waals surface area contributed by atoms with E-state index in [-0.39, 0.29) is 18.0 Å². The van der Waals surface area contributed by atoms with Crippen molar-refractivity contribution >= 4 is 5.97 Å². The molecule has 1 aliphatic carbocycles. The second-order valence-electron chi connectivity index (χ2n) is 4.93. The van der Waals surface area contributed by atoms with E-state index >= 15 is 0 Å². The molecule has 0 heterocycles. The summed E-state index contributed by atoms with van der Waals surface area (Å²) in [6, 6.07) is 8.09. The minimum absolute atomic E-state index is 0.0624. The first kappa shape index (κ1) is 12.9. The van der Waals surface area contributed by atoms with Crippen molar-refractivity contribution in [3.8, 4) is 5.75 Å². The number of rotatable bonds is 3. The van der Waals surface area contributed by atoms with Crippen LogP contribution in [0, 0.1) is 12.8 Å². The van der Waals surface area contributed by atoms with Crippen LogP contribution in [0.1, 0.15) is 31.2 Å². The Morgan fingerprint density at radius 1 is 1.22 bits per heavy atom. The van der Waals surface area contributed by atoms with Gasteiger partial charge in [-0.3, -0.25) is 4.79 Å². The zero-order valence-electron chi connectivity index (χ0n) is 11.0. The van der Waals surface area contributed by atoms with E-state index in [0.717, 1.165) is 31.4 Å². The summed E-state index contributed by atoms with van der Waals surface area (Å²) in [7, 11) is 1.46. The predicted molar refractivity (Wildman–Crippen MR) is 69.6 cm³/mol. The molecule has 0 aliphatic heterocycles. The van der Waals surface area contributed by atoms with Crippen LogP contribution in [0.2, 0.25) is 0 Å². The zero-order valence-corrected chi connectivity index (χ0v) is 11.0. The van der Waals surface area contributed by atoms with Gasteiger partial charge in [0.2, 0.25) is 0 Å². The van der Waals surface area contributed by atoms with Crippen LogP contribution in [-0.2, 0) is 9.53 Å². The van der Waals surface area contributed by atoms with Crippen molar-refractivity contribution in [2.75, 3.05) is 7.11 Å². The average molecular weight is 248 g/mol. The molecular formula is C15H20O3. The fraction of sp³-hybridized carbons (Fsp3) is 0.533. The molecule has 18 heavy (non-hydrogen) atoms. The number of carbonyl (C=O) groups excluding carboxylic acids is 1. The molecule has 1 fully saturated rings. The second kappa shape index (κ2) is 5.89. The molecule has 2 rings (SSSR count). The first-order chi connectivity index (χ1) is 8.69. The highest BCUT2D eigenvalue weighted by Crippen LogP contribution is 2.28. The molecule has 0 saturated heterocycles. The van der Waals surface area contributed by atoms with Gasteiger partial charge in [-0.05, 0) is 50.3 Å². The van der Waals surface area contributed by atoms with Gasteiger partial charge in [0.15, 0.2) is 0 Å². The number of carbonyl (C=O) groups is 1. The molecule has 0 unspecified atom stereocenters. The van der Waals surface area contributed by atoms with Gasteiger partial charge in [0.25, 0.3) is 0 Å². The maximum absolute atomic E-state index is 11.4. The smallest absolute Gasteiger partial charge is 0.308 e. The number of esters is 1. The number of ether oxygens (including phenoxy) is 2. The summed E-state index contributed by atoms with van der Waals surface area (Å²) in [5, 5.41) is 0. The van der Waals surface area contributed by atoms with E-state index in [1.807, 2.05) is 18.2 Å². The summed E-state index contributed by atoms with van der Waals surface area (Å²) < 4.78 is 10.7. The zero-order chi connectivity index (χ0) is 13.0. The summed E-state index contributed by atoms with van der Waals surface area (Å²) >= 11 is 0. The molecule has 3 heteroatoms. The highest BCUT2D eigenvalue weighted by atomic mass is 16.5. The Labute approximate surface area is 108 Å². The van der Waals surface area contributed by atoms with Crippen molar-refractivity contribution in [2.45, 2.75) is 38.7 Å². The molecule has 0 aromatic heterocycles. The van der Waals surface area contributed by atoms with Crippen molar-refractivity contribution in [3.63, 3.8) is 0 Å². The molecule has 1 aliphatic rings. The van der Waals surface area contributed by atoms with Gasteiger partial charge in [0.05, 0.1) is 19.1 Å². The maximum atomic E-state index is 11.4. The van der Waals surface area contributed by atoms with E-state index in [1.165, 1.54) is 12.7 Å². The second-order valence-corrected chi connectivity index (χ2v) is 4.93. The third-order valence-electron chi connectivity index (χ3n) is 3.50. The Kier molecular flexibility index (Phi) is 4.24. The van der Waals surface area contributed by atoms with Gasteiger partial charge >= 0.3 is 5.97 Å². The van der Waals surface area contributed by atoms with Crippen LogP contribution in [0.15, 0.2) is 24.3 Å². The van der Waals surface area contributed by atoms with Crippen LogP contribution in [0.4, 0.5) is 0 Å². The molecule has 0 bridgehead atoms. The Morgan fingerprint density at radius 2 is 1.94 bits per heavy atom. The lowest BCUT2D eigenvalue weighted by atomic mass is 9.87. The normalized spacial score (nSPS) is 23.4. The largest absolute Gasteiger partial charge is 0.490 e. The summed E-state index contributed by atoms with van der Waals surface area (Å²) in [6.07, 6.45) is 3.81. The summed E-state index contributed by atoms with van der Waals surface area (Å²) in [4.78, 5) is 11.4. The quantitative estimate of drug-likeness (QED) is 0.771. The number of aryl methyl sites for hydroxylation is 1. The van der Waals surface area contributed by atoms with Crippen LogP contribution >= 0.6 is 0 Å². The number of benzene rings is 1. The fourth-order valence-electron chi connectivity index (χ4n) is 2.46. The van der Waals surface area contributed by atoms with E-state index in [0.29, 0.717) is 0 Å². The van der Waals surface area contributed by atoms with Crippen molar-refractivity contribution in [2.24, 2.45) is 5.92 Å². The third-order valence-corrected chi connectivity index (χ3v) is 3.50.